The van der Waals surface area contributed by atoms with E-state index in [2.05, 4.69) is 47.1 Å². The second-order valence-electron chi connectivity index (χ2n) is 13.7. The molecule has 0 spiro atoms. The molecule has 0 unspecified atom stereocenters. The third-order valence-corrected chi connectivity index (χ3v) is 9.71. The van der Waals surface area contributed by atoms with Gasteiger partial charge in [-0.05, 0) is 112 Å². The van der Waals surface area contributed by atoms with Crippen LogP contribution in [0, 0.1) is 0 Å². The van der Waals surface area contributed by atoms with E-state index in [4.69, 9.17) is 21.2 Å². The fourth-order valence-electron chi connectivity index (χ4n) is 6.00. The molecule has 52 heavy (non-hydrogen) atoms. The Morgan fingerprint density at radius 1 is 0.962 bits per heavy atom. The van der Waals surface area contributed by atoms with E-state index in [0.717, 1.165) is 30.5 Å². The lowest BCUT2D eigenvalue weighted by Crippen LogP contribution is -2.40. The summed E-state index contributed by atoms with van der Waals surface area (Å²) in [7, 11) is 0. The normalized spacial score (nSPS) is 14.6. The molecule has 1 saturated carbocycles. The number of carbonyl (C=O) groups excluding carboxylic acids is 2. The molecule has 0 saturated heterocycles. The van der Waals surface area contributed by atoms with Gasteiger partial charge < -0.3 is 26.1 Å². The van der Waals surface area contributed by atoms with Crippen molar-refractivity contribution in [3.8, 4) is 22.9 Å². The van der Waals surface area contributed by atoms with Crippen LogP contribution in [-0.2, 0) is 20.9 Å². The van der Waals surface area contributed by atoms with Gasteiger partial charge >= 0.3 is 6.18 Å². The maximum absolute atomic E-state index is 13.2. The number of rotatable bonds is 14. The van der Waals surface area contributed by atoms with Gasteiger partial charge in [-0.15, -0.1) is 0 Å². The van der Waals surface area contributed by atoms with Gasteiger partial charge in [-0.25, -0.2) is 4.98 Å². The van der Waals surface area contributed by atoms with E-state index in [1.165, 1.54) is 12.1 Å². The quantitative estimate of drug-likeness (QED) is 0.0389. The van der Waals surface area contributed by atoms with Crippen LogP contribution < -0.4 is 26.8 Å². The van der Waals surface area contributed by atoms with Crippen LogP contribution in [0.3, 0.4) is 0 Å². The number of nitrogens with two attached hydrogens (primary N) is 2. The number of nitrogens with one attached hydrogen (secondary N) is 2. The van der Waals surface area contributed by atoms with Crippen molar-refractivity contribution in [1.82, 2.24) is 20.2 Å². The average molecular weight is 825 g/mol. The van der Waals surface area contributed by atoms with Crippen LogP contribution >= 0.6 is 22.6 Å². The highest BCUT2D eigenvalue weighted by Gasteiger charge is 2.37. The number of ether oxygens (including phenoxy) is 1. The van der Waals surface area contributed by atoms with Crippen LogP contribution in [0.5, 0.6) is 11.5 Å². The Kier molecular flexibility index (Phi) is 10.7. The van der Waals surface area contributed by atoms with E-state index in [1.54, 1.807) is 22.8 Å². The van der Waals surface area contributed by atoms with Gasteiger partial charge in [0.25, 0.3) is 5.91 Å². The molecule has 13 heteroatoms. The summed E-state index contributed by atoms with van der Waals surface area (Å²) in [4.78, 5) is 31.2. The fraction of sp³-hybridized carbons (Fsp3) is 0.308. The van der Waals surface area contributed by atoms with Crippen LogP contribution in [-0.4, -0.2) is 33.6 Å². The van der Waals surface area contributed by atoms with E-state index >= 15 is 0 Å². The molecule has 1 fully saturated rings. The molecule has 272 valence electrons. The monoisotopic (exact) mass is 824 g/mol. The topological polar surface area (TPSA) is 137 Å². The van der Waals surface area contributed by atoms with Gasteiger partial charge in [0.2, 0.25) is 5.91 Å². The summed E-state index contributed by atoms with van der Waals surface area (Å²) in [5.74, 6) is 0.647. The molecule has 0 bridgehead atoms. The third kappa shape index (κ3) is 8.93. The number of halogens is 4. The Morgan fingerprint density at radius 3 is 2.37 bits per heavy atom. The van der Waals surface area contributed by atoms with Crippen molar-refractivity contribution in [2.24, 2.45) is 11.5 Å². The molecule has 1 aliphatic rings. The van der Waals surface area contributed by atoms with Crippen LogP contribution in [0.4, 0.5) is 13.2 Å². The van der Waals surface area contributed by atoms with Gasteiger partial charge in [0, 0.05) is 21.1 Å². The largest absolute Gasteiger partial charge is 0.457 e. The van der Waals surface area contributed by atoms with Crippen LogP contribution in [0.1, 0.15) is 72.6 Å². The number of hydrogen-bond donors (Lipinski definition) is 4. The lowest BCUT2D eigenvalue weighted by atomic mass is 10.0. The molecular weight excluding hydrogens is 784 g/mol. The van der Waals surface area contributed by atoms with Gasteiger partial charge in [-0.2, -0.15) is 13.2 Å². The van der Waals surface area contributed by atoms with E-state index in [-0.39, 0.29) is 21.2 Å². The molecule has 0 radical (unpaired) electrons. The first-order valence-electron chi connectivity index (χ1n) is 17.0. The highest BCUT2D eigenvalue weighted by Crippen LogP contribution is 2.36. The SMILES string of the molecule is CC(C)(I)c1ccc(Oc2cccc(-c3nc4cc(C(=O)NCc5cccc(C(F)(F)F)c5)ccc4n3[C@@H](CCCNC3(N)CC3)C(N)=O)c2)cc1. The number of carbonyl (C=O) groups is 2. The summed E-state index contributed by atoms with van der Waals surface area (Å²) >= 11 is 2.39. The van der Waals surface area contributed by atoms with Crippen molar-refractivity contribution >= 4 is 45.4 Å². The molecule has 1 atom stereocenters. The zero-order chi connectivity index (χ0) is 37.3. The van der Waals surface area contributed by atoms with Gasteiger partial charge in [-0.1, -0.05) is 59.0 Å². The zero-order valence-corrected chi connectivity index (χ0v) is 30.9. The second kappa shape index (κ2) is 14.9. The smallest absolute Gasteiger partial charge is 0.416 e. The minimum atomic E-state index is -4.49. The van der Waals surface area contributed by atoms with Crippen molar-refractivity contribution in [3.63, 3.8) is 0 Å². The van der Waals surface area contributed by atoms with Crippen molar-refractivity contribution in [2.75, 3.05) is 6.54 Å². The third-order valence-electron chi connectivity index (χ3n) is 9.09. The minimum Gasteiger partial charge on any atom is -0.457 e. The Hall–Kier alpha value is -4.47. The Labute approximate surface area is 313 Å². The molecular formula is C39H40F3IN6O3. The lowest BCUT2D eigenvalue weighted by molar-refractivity contribution is -0.137. The number of alkyl halides is 4. The van der Waals surface area contributed by atoms with E-state index in [9.17, 15) is 22.8 Å². The van der Waals surface area contributed by atoms with Crippen molar-refractivity contribution in [1.29, 1.82) is 0 Å². The summed E-state index contributed by atoms with van der Waals surface area (Å²) in [5.41, 5.74) is 14.5. The maximum atomic E-state index is 13.2. The fourth-order valence-corrected chi connectivity index (χ4v) is 6.36. The molecule has 6 N–H and O–H groups in total. The number of nitrogens with zero attached hydrogens (tertiary/aromatic N) is 2. The second-order valence-corrected chi connectivity index (χ2v) is 16.4. The molecule has 2 amide bonds. The standard InChI is InChI=1S/C39H40F3IN6O3/c1-37(2,43)27-12-14-29(15-13-27)52-30-9-4-7-25(21-30)35-48-31-22-26(36(51)46-23-24-6-3-8-28(20-24)39(40,41)42)11-16-32(31)49(35)33(34(44)50)10-5-19-47-38(45)17-18-38/h3-4,6-9,11-16,20-22,33,47H,5,10,17-19,23,45H2,1-2H3,(H2,44,50)(H,46,51)/t33-/m0/s1. The Balaban J connectivity index is 1.31. The van der Waals surface area contributed by atoms with E-state index < -0.39 is 29.6 Å². The Bertz CT molecular complexity index is 2090. The average Bonchev–Trinajstić information content (AvgIpc) is 3.72. The van der Waals surface area contributed by atoms with Gasteiger partial charge in [-0.3, -0.25) is 14.9 Å². The molecule has 0 aliphatic heterocycles. The summed E-state index contributed by atoms with van der Waals surface area (Å²) in [6.45, 7) is 4.77. The maximum Gasteiger partial charge on any atom is 0.416 e. The number of fused-ring (bicyclic) bond motifs is 1. The van der Waals surface area contributed by atoms with Crippen molar-refractivity contribution in [2.45, 2.75) is 67.4 Å². The predicted molar refractivity (Wildman–Crippen MR) is 203 cm³/mol. The highest BCUT2D eigenvalue weighted by molar-refractivity contribution is 14.1. The summed E-state index contributed by atoms with van der Waals surface area (Å²) < 4.78 is 47.6. The summed E-state index contributed by atoms with van der Waals surface area (Å²) in [6, 6.07) is 24.2. The Morgan fingerprint density at radius 2 is 1.69 bits per heavy atom. The number of benzene rings is 4. The molecule has 1 aliphatic carbocycles. The molecule has 4 aromatic carbocycles. The first-order valence-corrected chi connectivity index (χ1v) is 18.0. The van der Waals surface area contributed by atoms with Crippen LogP contribution in [0.15, 0.2) is 91.0 Å². The number of amides is 2. The summed E-state index contributed by atoms with van der Waals surface area (Å²) in [5, 5.41) is 6.03. The van der Waals surface area contributed by atoms with Gasteiger partial charge in [0.15, 0.2) is 0 Å². The van der Waals surface area contributed by atoms with Gasteiger partial charge in [0.05, 0.1) is 22.3 Å². The lowest BCUT2D eigenvalue weighted by Gasteiger charge is -2.20. The van der Waals surface area contributed by atoms with Crippen LogP contribution in [0.2, 0.25) is 0 Å². The molecule has 9 nitrogen and oxygen atoms in total. The molecule has 6 rings (SSSR count). The minimum absolute atomic E-state index is 0.0327. The molecule has 1 aromatic heterocycles. The highest BCUT2D eigenvalue weighted by atomic mass is 127. The molecule has 5 aromatic rings. The zero-order valence-electron chi connectivity index (χ0n) is 28.8. The predicted octanol–water partition coefficient (Wildman–Crippen LogP) is 7.96. The number of imidazole rings is 1. The van der Waals surface area contributed by atoms with Gasteiger partial charge in [0.1, 0.15) is 23.4 Å². The van der Waals surface area contributed by atoms with E-state index in [0.29, 0.717) is 58.9 Å². The first-order chi connectivity index (χ1) is 24.6. The number of aromatic nitrogens is 2. The molecule has 1 heterocycles. The number of primary amides is 1. The van der Waals surface area contributed by atoms with E-state index in [1.807, 2.05) is 48.5 Å². The number of hydrogen-bond acceptors (Lipinski definition) is 6. The van der Waals surface area contributed by atoms with Crippen LogP contribution in [0.25, 0.3) is 22.4 Å². The van der Waals surface area contributed by atoms with Crippen molar-refractivity contribution in [3.05, 3.63) is 113 Å². The summed E-state index contributed by atoms with van der Waals surface area (Å²) in [6.07, 6.45) is -1.66. The van der Waals surface area contributed by atoms with Crippen molar-refractivity contribution < 1.29 is 27.5 Å². The first kappa shape index (κ1) is 37.3.